The maximum absolute atomic E-state index is 6.07. The third kappa shape index (κ3) is 4.99. The van der Waals surface area contributed by atoms with Gasteiger partial charge in [-0.05, 0) is 54.2 Å². The van der Waals surface area contributed by atoms with Gasteiger partial charge in [0.1, 0.15) is 0 Å². The lowest BCUT2D eigenvalue weighted by Crippen LogP contribution is -2.24. The van der Waals surface area contributed by atoms with Crippen LogP contribution in [0.2, 0.25) is 10.0 Å². The molecule has 0 aliphatic carbocycles. The Bertz CT molecular complexity index is 769. The lowest BCUT2D eigenvalue weighted by atomic mass is 10.2. The van der Waals surface area contributed by atoms with Gasteiger partial charge in [-0.2, -0.15) is 5.10 Å². The maximum Gasteiger partial charge on any atom is 0.191 e. The maximum atomic E-state index is 6.07. The molecule has 0 bridgehead atoms. The summed E-state index contributed by atoms with van der Waals surface area (Å²) in [6.45, 7) is 0. The van der Waals surface area contributed by atoms with Gasteiger partial charge < -0.3 is 14.8 Å². The highest BCUT2D eigenvalue weighted by atomic mass is 35.5. The molecule has 0 radical (unpaired) electrons. The summed E-state index contributed by atoms with van der Waals surface area (Å²) < 4.78 is 10.4. The average Bonchev–Trinajstić information content (AvgIpc) is 2.57. The predicted molar refractivity (Wildman–Crippen MR) is 103 cm³/mol. The minimum absolute atomic E-state index is 0.302. The molecule has 8 heteroatoms. The topological polar surface area (TPSA) is 54.9 Å². The van der Waals surface area contributed by atoms with E-state index in [2.05, 4.69) is 15.8 Å². The molecule has 2 N–H and O–H groups in total. The Hall–Kier alpha value is -2.02. The minimum atomic E-state index is 0.302. The number of methoxy groups -OCH3 is 2. The second-order valence-corrected chi connectivity index (χ2v) is 5.81. The second kappa shape index (κ2) is 8.73. The van der Waals surface area contributed by atoms with E-state index >= 15 is 0 Å². The van der Waals surface area contributed by atoms with Crippen LogP contribution in [0.5, 0.6) is 11.5 Å². The number of benzene rings is 2. The second-order valence-electron chi connectivity index (χ2n) is 4.56. The van der Waals surface area contributed by atoms with E-state index in [1.807, 2.05) is 6.07 Å². The zero-order valence-electron chi connectivity index (χ0n) is 13.0. The zero-order valence-corrected chi connectivity index (χ0v) is 15.3. The van der Waals surface area contributed by atoms with E-state index in [1.54, 1.807) is 50.8 Å². The fourth-order valence-corrected chi connectivity index (χ4v) is 2.46. The Morgan fingerprint density at radius 1 is 1.08 bits per heavy atom. The highest BCUT2D eigenvalue weighted by Crippen LogP contribution is 2.27. The number of rotatable bonds is 5. The molecule has 126 valence electrons. The average molecular weight is 384 g/mol. The van der Waals surface area contributed by atoms with Crippen molar-refractivity contribution in [2.45, 2.75) is 0 Å². The Kier molecular flexibility index (Phi) is 6.66. The van der Waals surface area contributed by atoms with Crippen LogP contribution in [0.25, 0.3) is 0 Å². The first kappa shape index (κ1) is 18.3. The van der Waals surface area contributed by atoms with Crippen molar-refractivity contribution in [3.8, 4) is 11.5 Å². The molecule has 24 heavy (non-hydrogen) atoms. The summed E-state index contributed by atoms with van der Waals surface area (Å²) in [7, 11) is 3.16. The van der Waals surface area contributed by atoms with Crippen molar-refractivity contribution in [2.24, 2.45) is 5.10 Å². The van der Waals surface area contributed by atoms with Crippen LogP contribution in [0.1, 0.15) is 5.56 Å². The van der Waals surface area contributed by atoms with Crippen LogP contribution in [-0.4, -0.2) is 25.5 Å². The molecule has 0 atom stereocenters. The van der Waals surface area contributed by atoms with Crippen molar-refractivity contribution >= 4 is 52.4 Å². The number of hydrazone groups is 1. The number of hydrogen-bond acceptors (Lipinski definition) is 4. The molecular weight excluding hydrogens is 369 g/mol. The van der Waals surface area contributed by atoms with E-state index in [4.69, 9.17) is 44.9 Å². The molecule has 0 saturated carbocycles. The smallest absolute Gasteiger partial charge is 0.191 e. The summed E-state index contributed by atoms with van der Waals surface area (Å²) in [5, 5.41) is 8.33. The summed E-state index contributed by atoms with van der Waals surface area (Å²) >= 11 is 17.1. The van der Waals surface area contributed by atoms with Crippen molar-refractivity contribution in [1.29, 1.82) is 0 Å². The number of nitrogens with zero attached hydrogens (tertiary/aromatic N) is 1. The normalized spacial score (nSPS) is 10.5. The highest BCUT2D eigenvalue weighted by molar-refractivity contribution is 7.80. The van der Waals surface area contributed by atoms with E-state index < -0.39 is 0 Å². The molecule has 2 rings (SSSR count). The summed E-state index contributed by atoms with van der Waals surface area (Å²) in [6, 6.07) is 10.5. The van der Waals surface area contributed by atoms with E-state index in [0.717, 1.165) is 5.56 Å². The van der Waals surface area contributed by atoms with Gasteiger partial charge in [0.15, 0.2) is 16.6 Å². The van der Waals surface area contributed by atoms with Crippen molar-refractivity contribution < 1.29 is 9.47 Å². The molecule has 0 saturated heterocycles. The van der Waals surface area contributed by atoms with Crippen LogP contribution < -0.4 is 20.2 Å². The van der Waals surface area contributed by atoms with Crippen molar-refractivity contribution in [3.63, 3.8) is 0 Å². The van der Waals surface area contributed by atoms with Gasteiger partial charge in [-0.3, -0.25) is 5.43 Å². The van der Waals surface area contributed by atoms with Gasteiger partial charge in [0.05, 0.1) is 31.1 Å². The number of nitrogens with one attached hydrogen (secondary N) is 2. The van der Waals surface area contributed by atoms with Gasteiger partial charge in [-0.25, -0.2) is 0 Å². The third-order valence-electron chi connectivity index (χ3n) is 2.97. The molecule has 5 nitrogen and oxygen atoms in total. The molecule has 0 aliphatic heterocycles. The van der Waals surface area contributed by atoms with Crippen molar-refractivity contribution in [3.05, 3.63) is 52.0 Å². The van der Waals surface area contributed by atoms with E-state index in [1.165, 1.54) is 0 Å². The van der Waals surface area contributed by atoms with Gasteiger partial charge in [0.25, 0.3) is 0 Å². The molecule has 2 aromatic rings. The largest absolute Gasteiger partial charge is 0.493 e. The Balaban J connectivity index is 1.97. The van der Waals surface area contributed by atoms with Gasteiger partial charge in [-0.1, -0.05) is 23.2 Å². The first-order chi connectivity index (χ1) is 11.5. The lowest BCUT2D eigenvalue weighted by Gasteiger charge is -2.09. The van der Waals surface area contributed by atoms with Crippen molar-refractivity contribution in [2.75, 3.05) is 19.5 Å². The first-order valence-corrected chi connectivity index (χ1v) is 7.97. The SMILES string of the molecule is COc1ccc(C=NNC(=S)Nc2ccc(Cl)cc2Cl)cc1OC. The Morgan fingerprint density at radius 2 is 1.83 bits per heavy atom. The van der Waals surface area contributed by atoms with Gasteiger partial charge in [0, 0.05) is 5.02 Å². The van der Waals surface area contributed by atoms with E-state index in [0.29, 0.717) is 32.3 Å². The molecule has 0 unspecified atom stereocenters. The number of anilines is 1. The number of ether oxygens (including phenoxy) is 2. The molecule has 0 amide bonds. The standard InChI is InChI=1S/C16H15Cl2N3O2S/c1-22-14-6-3-10(7-15(14)23-2)9-19-21-16(24)20-13-5-4-11(17)8-12(13)18/h3-9H,1-2H3,(H2,20,21,24). The van der Waals surface area contributed by atoms with Crippen LogP contribution in [0.4, 0.5) is 5.69 Å². The summed E-state index contributed by atoms with van der Waals surface area (Å²) in [5.41, 5.74) is 4.18. The van der Waals surface area contributed by atoms with Crippen LogP contribution in [0.15, 0.2) is 41.5 Å². The van der Waals surface area contributed by atoms with Crippen molar-refractivity contribution in [1.82, 2.24) is 5.43 Å². The molecule has 0 fully saturated rings. The van der Waals surface area contributed by atoms with Crippen LogP contribution >= 0.6 is 35.4 Å². The molecule has 0 aliphatic rings. The Labute approximate surface area is 155 Å². The van der Waals surface area contributed by atoms with Crippen LogP contribution in [-0.2, 0) is 0 Å². The molecular formula is C16H15Cl2N3O2S. The number of thiocarbonyl (C=S) groups is 1. The summed E-state index contributed by atoms with van der Waals surface area (Å²) in [5.74, 6) is 1.27. The predicted octanol–water partition coefficient (Wildman–Crippen LogP) is 4.33. The third-order valence-corrected chi connectivity index (χ3v) is 3.71. The fraction of sp³-hybridized carbons (Fsp3) is 0.125. The van der Waals surface area contributed by atoms with Gasteiger partial charge in [0.2, 0.25) is 0 Å². The molecule has 0 aromatic heterocycles. The highest BCUT2D eigenvalue weighted by Gasteiger charge is 2.04. The quantitative estimate of drug-likeness (QED) is 0.457. The van der Waals surface area contributed by atoms with Gasteiger partial charge in [-0.15, -0.1) is 0 Å². The van der Waals surface area contributed by atoms with E-state index in [9.17, 15) is 0 Å². The number of halogens is 2. The van der Waals surface area contributed by atoms with Crippen LogP contribution in [0.3, 0.4) is 0 Å². The number of hydrogen-bond donors (Lipinski definition) is 2. The molecule has 2 aromatic carbocycles. The van der Waals surface area contributed by atoms with Crippen LogP contribution in [0, 0.1) is 0 Å². The summed E-state index contributed by atoms with van der Waals surface area (Å²) in [6.07, 6.45) is 1.61. The molecule has 0 heterocycles. The fourth-order valence-electron chi connectivity index (χ4n) is 1.84. The lowest BCUT2D eigenvalue weighted by molar-refractivity contribution is 0.355. The van der Waals surface area contributed by atoms with E-state index in [-0.39, 0.29) is 0 Å². The zero-order chi connectivity index (χ0) is 17.5. The molecule has 0 spiro atoms. The summed E-state index contributed by atoms with van der Waals surface area (Å²) in [4.78, 5) is 0. The minimum Gasteiger partial charge on any atom is -0.493 e. The monoisotopic (exact) mass is 383 g/mol. The van der Waals surface area contributed by atoms with Gasteiger partial charge >= 0.3 is 0 Å². The Morgan fingerprint density at radius 3 is 2.50 bits per heavy atom. The first-order valence-electron chi connectivity index (χ1n) is 6.80.